The topological polar surface area (TPSA) is 44.1 Å². The van der Waals surface area contributed by atoms with Crippen molar-refractivity contribution in [2.24, 2.45) is 0 Å². The van der Waals surface area contributed by atoms with E-state index < -0.39 is 6.03 Å². The quantitative estimate of drug-likeness (QED) is 0.770. The Morgan fingerprint density at radius 1 is 0.941 bits per heavy atom. The Balaban J connectivity index is 2.43. The molecule has 1 N–H and O–H groups in total. The fourth-order valence-electron chi connectivity index (χ4n) is 1.65. The van der Waals surface area contributed by atoms with Crippen LogP contribution in [0.15, 0.2) is 54.6 Å². The molecule has 0 atom stereocenters. The first-order valence-electron chi connectivity index (χ1n) is 5.36. The Labute approximate surface area is 100 Å². The second-order valence-electron chi connectivity index (χ2n) is 3.81. The Kier molecular flexibility index (Phi) is 3.10. The van der Waals surface area contributed by atoms with Crippen LogP contribution in [0, 0.1) is 6.92 Å². The van der Waals surface area contributed by atoms with E-state index in [1.54, 1.807) is 0 Å². The van der Waals surface area contributed by atoms with E-state index in [1.807, 2.05) is 61.5 Å². The summed E-state index contributed by atoms with van der Waals surface area (Å²) in [6, 6.07) is 16.0. The van der Waals surface area contributed by atoms with Gasteiger partial charge in [0.2, 0.25) is 0 Å². The molecule has 17 heavy (non-hydrogen) atoms. The van der Waals surface area contributed by atoms with Gasteiger partial charge in [0.15, 0.2) is 0 Å². The lowest BCUT2D eigenvalue weighted by atomic mass is 10.2. The van der Waals surface area contributed by atoms with Crippen molar-refractivity contribution in [1.82, 2.24) is 5.73 Å². The van der Waals surface area contributed by atoms with Gasteiger partial charge in [0, 0.05) is 0 Å². The first kappa shape index (κ1) is 11.2. The van der Waals surface area contributed by atoms with Gasteiger partial charge >= 0.3 is 6.03 Å². The summed E-state index contributed by atoms with van der Waals surface area (Å²) in [7, 11) is 0. The van der Waals surface area contributed by atoms with Crippen molar-refractivity contribution in [3.8, 4) is 0 Å². The van der Waals surface area contributed by atoms with E-state index in [2.05, 4.69) is 0 Å². The second-order valence-corrected chi connectivity index (χ2v) is 3.81. The zero-order valence-electron chi connectivity index (χ0n) is 9.55. The van der Waals surface area contributed by atoms with Crippen LogP contribution in [0.3, 0.4) is 0 Å². The minimum absolute atomic E-state index is 0.705. The highest BCUT2D eigenvalue weighted by atomic mass is 16.2. The zero-order chi connectivity index (χ0) is 12.3. The average molecular weight is 225 g/mol. The number of anilines is 2. The van der Waals surface area contributed by atoms with Crippen molar-refractivity contribution in [3.05, 3.63) is 60.2 Å². The number of urea groups is 1. The predicted octanol–water partition coefficient (Wildman–Crippen LogP) is 3.54. The van der Waals surface area contributed by atoms with Crippen LogP contribution in [0.1, 0.15) is 5.56 Å². The highest BCUT2D eigenvalue weighted by molar-refractivity contribution is 5.97. The Morgan fingerprint density at radius 3 is 2.00 bits per heavy atom. The molecule has 85 valence electrons. The maximum atomic E-state index is 11.4. The Bertz CT molecular complexity index is 506. The minimum atomic E-state index is -0.736. The van der Waals surface area contributed by atoms with Crippen LogP contribution >= 0.6 is 0 Å². The van der Waals surface area contributed by atoms with Crippen molar-refractivity contribution < 1.29 is 4.79 Å². The summed E-state index contributed by atoms with van der Waals surface area (Å²) in [4.78, 5) is 12.8. The molecule has 3 nitrogen and oxygen atoms in total. The molecule has 0 aliphatic rings. The van der Waals surface area contributed by atoms with Gasteiger partial charge in [-0.1, -0.05) is 35.9 Å². The molecule has 0 unspecified atom stereocenters. The Hall–Kier alpha value is -2.29. The molecule has 3 heteroatoms. The van der Waals surface area contributed by atoms with E-state index in [4.69, 9.17) is 5.73 Å². The summed E-state index contributed by atoms with van der Waals surface area (Å²) in [5, 5.41) is 0. The summed E-state index contributed by atoms with van der Waals surface area (Å²) in [6.07, 6.45) is 0. The molecule has 2 aromatic rings. The van der Waals surface area contributed by atoms with Gasteiger partial charge in [-0.05, 0) is 31.2 Å². The molecule has 0 aliphatic heterocycles. The van der Waals surface area contributed by atoms with E-state index in [0.717, 1.165) is 5.56 Å². The van der Waals surface area contributed by atoms with Crippen molar-refractivity contribution in [3.63, 3.8) is 0 Å². The molecule has 0 bridgehead atoms. The number of nitrogens with zero attached hydrogens (tertiary/aromatic N) is 1. The van der Waals surface area contributed by atoms with Crippen LogP contribution in [0.25, 0.3) is 0 Å². The van der Waals surface area contributed by atoms with E-state index in [-0.39, 0.29) is 0 Å². The smallest absolute Gasteiger partial charge is 0.262 e. The lowest BCUT2D eigenvalue weighted by Gasteiger charge is -2.20. The fourth-order valence-corrected chi connectivity index (χ4v) is 1.65. The van der Waals surface area contributed by atoms with Gasteiger partial charge in [0.1, 0.15) is 0 Å². The van der Waals surface area contributed by atoms with Crippen molar-refractivity contribution in [2.75, 3.05) is 4.90 Å². The number of carbonyl (C=O) groups is 1. The summed E-state index contributed by atoms with van der Waals surface area (Å²) >= 11 is 0. The molecular formula is C14H13N2O. The monoisotopic (exact) mass is 225 g/mol. The van der Waals surface area contributed by atoms with Gasteiger partial charge in [0.25, 0.3) is 0 Å². The molecule has 0 heterocycles. The largest absolute Gasteiger partial charge is 0.345 e. The van der Waals surface area contributed by atoms with Gasteiger partial charge in [0.05, 0.1) is 11.4 Å². The molecule has 0 spiro atoms. The number of benzene rings is 2. The zero-order valence-corrected chi connectivity index (χ0v) is 9.55. The molecule has 0 saturated heterocycles. The molecule has 0 saturated carbocycles. The number of amides is 2. The van der Waals surface area contributed by atoms with Crippen LogP contribution < -0.4 is 10.6 Å². The Morgan fingerprint density at radius 2 is 1.47 bits per heavy atom. The van der Waals surface area contributed by atoms with Gasteiger partial charge in [-0.2, -0.15) is 0 Å². The second kappa shape index (κ2) is 4.70. The minimum Gasteiger partial charge on any atom is -0.262 e. The third-order valence-electron chi connectivity index (χ3n) is 2.51. The lowest BCUT2D eigenvalue weighted by Crippen LogP contribution is -2.24. The lowest BCUT2D eigenvalue weighted by molar-refractivity contribution is 0.255. The van der Waals surface area contributed by atoms with Crippen LogP contribution in [-0.4, -0.2) is 6.03 Å². The summed E-state index contributed by atoms with van der Waals surface area (Å²) < 4.78 is 0. The molecule has 0 aromatic heterocycles. The molecule has 0 aliphatic carbocycles. The molecular weight excluding hydrogens is 212 g/mol. The summed E-state index contributed by atoms with van der Waals surface area (Å²) in [5.41, 5.74) is 9.89. The highest BCUT2D eigenvalue weighted by Crippen LogP contribution is 2.25. The number of para-hydroxylation sites is 1. The molecule has 1 radical (unpaired) electrons. The van der Waals surface area contributed by atoms with E-state index in [1.165, 1.54) is 4.90 Å². The van der Waals surface area contributed by atoms with E-state index in [9.17, 15) is 4.79 Å². The van der Waals surface area contributed by atoms with E-state index in [0.29, 0.717) is 11.4 Å². The predicted molar refractivity (Wildman–Crippen MR) is 68.3 cm³/mol. The fraction of sp³-hybridized carbons (Fsp3) is 0.0714. The van der Waals surface area contributed by atoms with Gasteiger partial charge in [-0.3, -0.25) is 4.90 Å². The number of rotatable bonds is 2. The molecule has 2 rings (SSSR count). The SMILES string of the molecule is Cc1ccc(N(C([NH])=O)c2ccccc2)cc1. The first-order valence-corrected chi connectivity index (χ1v) is 5.36. The third kappa shape index (κ3) is 2.45. The number of nitrogens with one attached hydrogen (secondary N) is 1. The van der Waals surface area contributed by atoms with Crippen LogP contribution in [0.5, 0.6) is 0 Å². The summed E-state index contributed by atoms with van der Waals surface area (Å²) in [6.45, 7) is 1.99. The van der Waals surface area contributed by atoms with E-state index >= 15 is 0 Å². The van der Waals surface area contributed by atoms with Gasteiger partial charge in [-0.25, -0.2) is 10.5 Å². The average Bonchev–Trinajstić information content (AvgIpc) is 2.33. The van der Waals surface area contributed by atoms with Crippen molar-refractivity contribution in [2.45, 2.75) is 6.92 Å². The van der Waals surface area contributed by atoms with Crippen molar-refractivity contribution in [1.29, 1.82) is 0 Å². The highest BCUT2D eigenvalue weighted by Gasteiger charge is 2.14. The molecule has 2 amide bonds. The molecule has 0 fully saturated rings. The third-order valence-corrected chi connectivity index (χ3v) is 2.51. The standard InChI is InChI=1S/C14H13N2O/c1-11-7-9-13(10-8-11)16(14(15)17)12-5-3-2-4-6-12/h2-10,15H,1H3. The van der Waals surface area contributed by atoms with Crippen molar-refractivity contribution >= 4 is 17.4 Å². The summed E-state index contributed by atoms with van der Waals surface area (Å²) in [5.74, 6) is 0. The van der Waals surface area contributed by atoms with Gasteiger partial charge < -0.3 is 0 Å². The number of hydrogen-bond acceptors (Lipinski definition) is 1. The number of carbonyl (C=O) groups excluding carboxylic acids is 1. The van der Waals surface area contributed by atoms with Crippen LogP contribution in [-0.2, 0) is 0 Å². The van der Waals surface area contributed by atoms with Gasteiger partial charge in [-0.15, -0.1) is 0 Å². The van der Waals surface area contributed by atoms with Crippen LogP contribution in [0.4, 0.5) is 16.2 Å². The number of aryl methyl sites for hydroxylation is 1. The maximum absolute atomic E-state index is 11.4. The maximum Gasteiger partial charge on any atom is 0.345 e. The normalized spacial score (nSPS) is 9.94. The number of hydrogen-bond donors (Lipinski definition) is 0. The first-order chi connectivity index (χ1) is 8.18. The van der Waals surface area contributed by atoms with Crippen LogP contribution in [0.2, 0.25) is 0 Å². The molecule has 2 aromatic carbocycles.